The number of carboxylic acid groups (broad SMARTS) is 1. The zero-order valence-electron chi connectivity index (χ0n) is 17.0. The number of hydrogen-bond donors (Lipinski definition) is 1. The molecular formula is C22H19BrN2O6. The Hall–Kier alpha value is -3.46. The van der Waals surface area contributed by atoms with Gasteiger partial charge in [-0.25, -0.2) is 4.79 Å². The van der Waals surface area contributed by atoms with Gasteiger partial charge in [-0.2, -0.15) is 10.1 Å². The second-order valence-electron chi connectivity index (χ2n) is 6.56. The molecule has 0 fully saturated rings. The fourth-order valence-corrected chi connectivity index (χ4v) is 3.39. The molecule has 3 rings (SSSR count). The number of carbonyl (C=O) groups is 3. The maximum Gasteiger partial charge on any atom is 0.335 e. The normalized spacial score (nSPS) is 14.6. The fourth-order valence-electron chi connectivity index (χ4n) is 2.95. The lowest BCUT2D eigenvalue weighted by atomic mass is 10.1. The molecule has 2 aromatic rings. The van der Waals surface area contributed by atoms with Crippen LogP contribution in [0.5, 0.6) is 11.5 Å². The zero-order chi connectivity index (χ0) is 22.7. The molecule has 1 heterocycles. The van der Waals surface area contributed by atoms with Crippen molar-refractivity contribution in [1.82, 2.24) is 0 Å². The first kappa shape index (κ1) is 22.2. The van der Waals surface area contributed by atoms with Crippen LogP contribution in [0.25, 0.3) is 6.08 Å². The maximum atomic E-state index is 13.0. The molecule has 0 atom stereocenters. The summed E-state index contributed by atoms with van der Waals surface area (Å²) in [6, 6.07) is 9.25. The lowest BCUT2D eigenvalue weighted by Gasteiger charge is -2.13. The van der Waals surface area contributed by atoms with Crippen molar-refractivity contribution < 1.29 is 29.0 Å². The number of amides is 1. The van der Waals surface area contributed by atoms with Gasteiger partial charge in [0, 0.05) is 11.4 Å². The van der Waals surface area contributed by atoms with Crippen LogP contribution >= 0.6 is 15.9 Å². The molecule has 0 spiro atoms. The molecule has 31 heavy (non-hydrogen) atoms. The van der Waals surface area contributed by atoms with Crippen molar-refractivity contribution in [3.8, 4) is 11.5 Å². The van der Waals surface area contributed by atoms with E-state index in [0.29, 0.717) is 39.4 Å². The molecule has 1 aliphatic heterocycles. The number of halogens is 1. The molecule has 1 N–H and O–H groups in total. The number of nitrogens with zero attached hydrogens (tertiary/aromatic N) is 2. The summed E-state index contributed by atoms with van der Waals surface area (Å²) >= 11 is 3.43. The molecule has 9 heteroatoms. The van der Waals surface area contributed by atoms with E-state index in [9.17, 15) is 19.5 Å². The predicted molar refractivity (Wildman–Crippen MR) is 119 cm³/mol. The van der Waals surface area contributed by atoms with Crippen LogP contribution in [0.3, 0.4) is 0 Å². The molecule has 0 saturated heterocycles. The summed E-state index contributed by atoms with van der Waals surface area (Å²) < 4.78 is 11.3. The number of anilines is 1. The van der Waals surface area contributed by atoms with Crippen LogP contribution < -0.4 is 14.5 Å². The van der Waals surface area contributed by atoms with Crippen molar-refractivity contribution in [3.63, 3.8) is 0 Å². The number of benzene rings is 2. The van der Waals surface area contributed by atoms with Crippen molar-refractivity contribution in [1.29, 1.82) is 0 Å². The largest absolute Gasteiger partial charge is 0.490 e. The SMILES string of the molecule is CCOc1cc(C=C2C(=O)N(c3cccc(C(=O)O)c3)N=C2C)c(Br)cc1OC(C)=O. The number of carboxylic acids is 1. The number of carbonyl (C=O) groups excluding carboxylic acids is 2. The van der Waals surface area contributed by atoms with E-state index >= 15 is 0 Å². The van der Waals surface area contributed by atoms with Gasteiger partial charge in [0.2, 0.25) is 0 Å². The highest BCUT2D eigenvalue weighted by Crippen LogP contribution is 2.36. The van der Waals surface area contributed by atoms with Gasteiger partial charge in [-0.05, 0) is 55.8 Å². The molecule has 0 unspecified atom stereocenters. The van der Waals surface area contributed by atoms with Crippen molar-refractivity contribution in [2.75, 3.05) is 11.6 Å². The Kier molecular flexibility index (Phi) is 6.55. The van der Waals surface area contributed by atoms with E-state index < -0.39 is 17.8 Å². The van der Waals surface area contributed by atoms with Gasteiger partial charge in [0.1, 0.15) is 0 Å². The van der Waals surface area contributed by atoms with Gasteiger partial charge in [0.15, 0.2) is 11.5 Å². The highest BCUT2D eigenvalue weighted by atomic mass is 79.9. The topological polar surface area (TPSA) is 106 Å². The standard InChI is InChI=1S/C22H19BrN2O6/c1-4-30-19-10-15(18(23)11-20(19)31-13(3)26)9-17-12(2)24-25(21(17)27)16-7-5-6-14(8-16)22(28)29/h5-11H,4H2,1-3H3,(H,28,29). The number of hydrazone groups is 1. The Bertz CT molecular complexity index is 1140. The molecule has 8 nitrogen and oxygen atoms in total. The van der Waals surface area contributed by atoms with Crippen LogP contribution in [0.1, 0.15) is 36.7 Å². The maximum absolute atomic E-state index is 13.0. The van der Waals surface area contributed by atoms with Gasteiger partial charge in [-0.3, -0.25) is 9.59 Å². The van der Waals surface area contributed by atoms with E-state index in [2.05, 4.69) is 21.0 Å². The second-order valence-corrected chi connectivity index (χ2v) is 7.42. The first-order chi connectivity index (χ1) is 14.7. The Morgan fingerprint density at radius 3 is 2.61 bits per heavy atom. The van der Waals surface area contributed by atoms with Crippen molar-refractivity contribution in [2.24, 2.45) is 5.10 Å². The molecule has 0 radical (unpaired) electrons. The van der Waals surface area contributed by atoms with Gasteiger partial charge >= 0.3 is 11.9 Å². The smallest absolute Gasteiger partial charge is 0.335 e. The van der Waals surface area contributed by atoms with Crippen LogP contribution in [0, 0.1) is 0 Å². The Morgan fingerprint density at radius 1 is 1.23 bits per heavy atom. The van der Waals surface area contributed by atoms with E-state index in [4.69, 9.17) is 9.47 Å². The van der Waals surface area contributed by atoms with E-state index in [0.717, 1.165) is 5.01 Å². The number of esters is 1. The number of hydrogen-bond acceptors (Lipinski definition) is 6. The second kappa shape index (κ2) is 9.13. The molecule has 2 aromatic carbocycles. The molecule has 0 bridgehead atoms. The Labute approximate surface area is 186 Å². The van der Waals surface area contributed by atoms with Gasteiger partial charge in [0.05, 0.1) is 29.1 Å². The molecule has 0 aromatic heterocycles. The van der Waals surface area contributed by atoms with Crippen molar-refractivity contribution >= 4 is 51.3 Å². The summed E-state index contributed by atoms with van der Waals surface area (Å²) in [5, 5.41) is 14.6. The van der Waals surface area contributed by atoms with Crippen LogP contribution in [-0.2, 0) is 9.59 Å². The summed E-state index contributed by atoms with van der Waals surface area (Å²) in [6.45, 7) is 5.15. The van der Waals surface area contributed by atoms with Crippen molar-refractivity contribution in [3.05, 3.63) is 57.6 Å². The molecule has 1 amide bonds. The summed E-state index contributed by atoms with van der Waals surface area (Å²) in [4.78, 5) is 35.6. The summed E-state index contributed by atoms with van der Waals surface area (Å²) in [7, 11) is 0. The van der Waals surface area contributed by atoms with E-state index in [1.807, 2.05) is 0 Å². The lowest BCUT2D eigenvalue weighted by molar-refractivity contribution is -0.132. The Balaban J connectivity index is 1.99. The summed E-state index contributed by atoms with van der Waals surface area (Å²) in [6.07, 6.45) is 1.65. The third-order valence-corrected chi connectivity index (χ3v) is 5.00. The highest BCUT2D eigenvalue weighted by molar-refractivity contribution is 9.10. The highest BCUT2D eigenvalue weighted by Gasteiger charge is 2.29. The first-order valence-corrected chi connectivity index (χ1v) is 10.1. The van der Waals surface area contributed by atoms with Crippen LogP contribution in [-0.4, -0.2) is 35.3 Å². The predicted octanol–water partition coefficient (Wildman–Crippen LogP) is 4.28. The zero-order valence-corrected chi connectivity index (χ0v) is 18.6. The minimum Gasteiger partial charge on any atom is -0.490 e. The molecule has 0 aliphatic carbocycles. The van der Waals surface area contributed by atoms with Gasteiger partial charge in [0.25, 0.3) is 5.91 Å². The summed E-state index contributed by atoms with van der Waals surface area (Å²) in [5.74, 6) is -1.34. The van der Waals surface area contributed by atoms with Crippen molar-refractivity contribution in [2.45, 2.75) is 20.8 Å². The van der Waals surface area contributed by atoms with E-state index in [1.165, 1.54) is 19.1 Å². The van der Waals surface area contributed by atoms with Crippen LogP contribution in [0.15, 0.2) is 51.5 Å². The fraction of sp³-hybridized carbons (Fsp3) is 0.182. The minimum absolute atomic E-state index is 0.0562. The molecule has 1 aliphatic rings. The van der Waals surface area contributed by atoms with Gasteiger partial charge in [-0.15, -0.1) is 0 Å². The Morgan fingerprint density at radius 2 is 1.97 bits per heavy atom. The first-order valence-electron chi connectivity index (χ1n) is 9.31. The quantitative estimate of drug-likeness (QED) is 0.371. The van der Waals surface area contributed by atoms with Crippen LogP contribution in [0.2, 0.25) is 0 Å². The number of aromatic carboxylic acids is 1. The third kappa shape index (κ3) is 4.83. The monoisotopic (exact) mass is 486 g/mol. The summed E-state index contributed by atoms with van der Waals surface area (Å²) in [5.41, 5.74) is 1.84. The molecular weight excluding hydrogens is 468 g/mol. The van der Waals surface area contributed by atoms with Crippen LogP contribution in [0.4, 0.5) is 5.69 Å². The van der Waals surface area contributed by atoms with E-state index in [-0.39, 0.29) is 11.3 Å². The third-order valence-electron chi connectivity index (χ3n) is 4.32. The molecule has 160 valence electrons. The molecule has 0 saturated carbocycles. The number of rotatable bonds is 6. The average Bonchev–Trinajstić information content (AvgIpc) is 2.99. The minimum atomic E-state index is -1.09. The lowest BCUT2D eigenvalue weighted by Crippen LogP contribution is -2.21. The van der Waals surface area contributed by atoms with E-state index in [1.54, 1.807) is 44.2 Å². The number of ether oxygens (including phenoxy) is 2. The average molecular weight is 487 g/mol. The van der Waals surface area contributed by atoms with Gasteiger partial charge in [-0.1, -0.05) is 22.0 Å². The van der Waals surface area contributed by atoms with Gasteiger partial charge < -0.3 is 14.6 Å².